The van der Waals surface area contributed by atoms with E-state index in [1.54, 1.807) is 0 Å². The van der Waals surface area contributed by atoms with Crippen LogP contribution in [0.2, 0.25) is 5.02 Å². The molecule has 0 fully saturated rings. The standard InChI is InChI=1S/C17H10ClF3O5S/c1-27(23,24)26-11-6-7-12-13(8-11)25-16(17(19,20)21)14(15(12)22)9-2-4-10(18)5-3-9/h2-8H,1H3. The van der Waals surface area contributed by atoms with E-state index in [2.05, 4.69) is 4.18 Å². The van der Waals surface area contributed by atoms with Crippen LogP contribution in [0.1, 0.15) is 5.76 Å². The van der Waals surface area contributed by atoms with E-state index in [1.807, 2.05) is 0 Å². The number of alkyl halides is 3. The van der Waals surface area contributed by atoms with Crippen LogP contribution in [0.5, 0.6) is 5.75 Å². The number of rotatable bonds is 3. The molecule has 5 nitrogen and oxygen atoms in total. The molecule has 0 saturated carbocycles. The molecule has 1 aromatic heterocycles. The van der Waals surface area contributed by atoms with Crippen LogP contribution in [0.3, 0.4) is 0 Å². The maximum absolute atomic E-state index is 13.5. The fourth-order valence-corrected chi connectivity index (χ4v) is 3.06. The first-order chi connectivity index (χ1) is 12.5. The predicted octanol–water partition coefficient (Wildman–Crippen LogP) is 4.47. The molecule has 0 radical (unpaired) electrons. The summed E-state index contributed by atoms with van der Waals surface area (Å²) in [6.45, 7) is 0. The minimum atomic E-state index is -4.96. The fourth-order valence-electron chi connectivity index (χ4n) is 2.48. The molecule has 142 valence electrons. The van der Waals surface area contributed by atoms with Crippen LogP contribution in [0, 0.1) is 0 Å². The van der Waals surface area contributed by atoms with Crippen molar-refractivity contribution < 1.29 is 30.2 Å². The molecule has 0 aliphatic heterocycles. The molecule has 0 saturated heterocycles. The molecular formula is C17H10ClF3O5S. The average Bonchev–Trinajstić information content (AvgIpc) is 2.53. The summed E-state index contributed by atoms with van der Waals surface area (Å²) in [6.07, 6.45) is -4.19. The quantitative estimate of drug-likeness (QED) is 0.587. The van der Waals surface area contributed by atoms with Crippen LogP contribution >= 0.6 is 11.6 Å². The lowest BCUT2D eigenvalue weighted by atomic mass is 10.0. The maximum Gasteiger partial charge on any atom is 0.450 e. The van der Waals surface area contributed by atoms with Gasteiger partial charge in [0.15, 0.2) is 0 Å². The number of halogens is 4. The molecule has 0 unspecified atom stereocenters. The second kappa shape index (κ2) is 6.58. The van der Waals surface area contributed by atoms with E-state index in [4.69, 9.17) is 16.0 Å². The van der Waals surface area contributed by atoms with Gasteiger partial charge in [0.2, 0.25) is 11.2 Å². The fraction of sp³-hybridized carbons (Fsp3) is 0.118. The lowest BCUT2D eigenvalue weighted by Gasteiger charge is -2.13. The van der Waals surface area contributed by atoms with Gasteiger partial charge in [-0.1, -0.05) is 23.7 Å². The second-order valence-electron chi connectivity index (χ2n) is 5.59. The van der Waals surface area contributed by atoms with E-state index >= 15 is 0 Å². The summed E-state index contributed by atoms with van der Waals surface area (Å²) in [5.41, 5.74) is -2.05. The molecule has 3 aromatic rings. The normalized spacial score (nSPS) is 12.3. The van der Waals surface area contributed by atoms with Gasteiger partial charge in [0.25, 0.3) is 0 Å². The van der Waals surface area contributed by atoms with Crippen molar-refractivity contribution in [2.45, 2.75) is 6.18 Å². The van der Waals surface area contributed by atoms with E-state index in [1.165, 1.54) is 24.3 Å². The van der Waals surface area contributed by atoms with Crippen LogP contribution in [0.15, 0.2) is 51.7 Å². The summed E-state index contributed by atoms with van der Waals surface area (Å²) < 4.78 is 72.5. The Balaban J connectivity index is 2.32. The minimum absolute atomic E-state index is 0.0150. The molecule has 0 aliphatic carbocycles. The van der Waals surface area contributed by atoms with Gasteiger partial charge >= 0.3 is 16.3 Å². The zero-order chi connectivity index (χ0) is 20.0. The minimum Gasteiger partial charge on any atom is -0.450 e. The van der Waals surface area contributed by atoms with Crippen molar-refractivity contribution in [3.8, 4) is 16.9 Å². The van der Waals surface area contributed by atoms with Crippen molar-refractivity contribution in [3.05, 3.63) is 63.5 Å². The zero-order valence-corrected chi connectivity index (χ0v) is 15.1. The molecule has 0 aliphatic rings. The van der Waals surface area contributed by atoms with Crippen LogP contribution in [0.4, 0.5) is 13.2 Å². The Kier molecular flexibility index (Phi) is 4.69. The highest BCUT2D eigenvalue weighted by molar-refractivity contribution is 7.86. The molecule has 10 heteroatoms. The molecule has 0 N–H and O–H groups in total. The number of fused-ring (bicyclic) bond motifs is 1. The molecule has 2 aromatic carbocycles. The predicted molar refractivity (Wildman–Crippen MR) is 93.4 cm³/mol. The summed E-state index contributed by atoms with van der Waals surface area (Å²) in [4.78, 5) is 12.7. The molecule has 0 spiro atoms. The second-order valence-corrected chi connectivity index (χ2v) is 7.60. The van der Waals surface area contributed by atoms with Crippen molar-refractivity contribution in [2.75, 3.05) is 6.26 Å². The SMILES string of the molecule is CS(=O)(=O)Oc1ccc2c(=O)c(-c3ccc(Cl)cc3)c(C(F)(F)F)oc2c1. The summed E-state index contributed by atoms with van der Waals surface area (Å²) in [5, 5.41) is 0.133. The molecular weight excluding hydrogens is 409 g/mol. The van der Waals surface area contributed by atoms with Crippen molar-refractivity contribution in [1.82, 2.24) is 0 Å². The lowest BCUT2D eigenvalue weighted by Crippen LogP contribution is -2.16. The van der Waals surface area contributed by atoms with Crippen molar-refractivity contribution >= 4 is 32.7 Å². The first kappa shape index (κ1) is 19.2. The van der Waals surface area contributed by atoms with Crippen molar-refractivity contribution in [3.63, 3.8) is 0 Å². The van der Waals surface area contributed by atoms with Gasteiger partial charge < -0.3 is 8.60 Å². The summed E-state index contributed by atoms with van der Waals surface area (Å²) in [5.74, 6) is -1.78. The molecule has 1 heterocycles. The Bertz CT molecular complexity index is 1180. The highest BCUT2D eigenvalue weighted by atomic mass is 35.5. The van der Waals surface area contributed by atoms with Gasteiger partial charge in [-0.15, -0.1) is 0 Å². The Morgan fingerprint density at radius 2 is 1.70 bits per heavy atom. The van der Waals surface area contributed by atoms with E-state index in [9.17, 15) is 26.4 Å². The zero-order valence-electron chi connectivity index (χ0n) is 13.5. The van der Waals surface area contributed by atoms with Crippen molar-refractivity contribution in [2.24, 2.45) is 0 Å². The van der Waals surface area contributed by atoms with E-state index < -0.39 is 38.6 Å². The molecule has 27 heavy (non-hydrogen) atoms. The van der Waals surface area contributed by atoms with Gasteiger partial charge in [-0.3, -0.25) is 4.79 Å². The van der Waals surface area contributed by atoms with E-state index in [-0.39, 0.29) is 16.7 Å². The molecule has 3 rings (SSSR count). The van der Waals surface area contributed by atoms with Crippen molar-refractivity contribution in [1.29, 1.82) is 0 Å². The average molecular weight is 419 g/mol. The Hall–Kier alpha value is -2.52. The molecule has 0 bridgehead atoms. The van der Waals surface area contributed by atoms with Crippen LogP contribution in [0.25, 0.3) is 22.1 Å². The molecule has 0 amide bonds. The highest BCUT2D eigenvalue weighted by Gasteiger charge is 2.39. The Morgan fingerprint density at radius 3 is 2.26 bits per heavy atom. The van der Waals surface area contributed by atoms with Crippen LogP contribution < -0.4 is 9.61 Å². The Morgan fingerprint density at radius 1 is 1.07 bits per heavy atom. The number of hydrogen-bond donors (Lipinski definition) is 0. The van der Waals surface area contributed by atoms with Gasteiger partial charge in [0, 0.05) is 11.1 Å². The summed E-state index contributed by atoms with van der Waals surface area (Å²) >= 11 is 5.75. The first-order valence-corrected chi connectivity index (χ1v) is 9.48. The summed E-state index contributed by atoms with van der Waals surface area (Å²) in [6, 6.07) is 8.46. The van der Waals surface area contributed by atoms with E-state index in [0.29, 0.717) is 5.02 Å². The van der Waals surface area contributed by atoms with Crippen LogP contribution in [-0.4, -0.2) is 14.7 Å². The largest absolute Gasteiger partial charge is 0.450 e. The van der Waals surface area contributed by atoms with Gasteiger partial charge in [0.05, 0.1) is 17.2 Å². The lowest BCUT2D eigenvalue weighted by molar-refractivity contribution is -0.152. The molecule has 0 atom stereocenters. The van der Waals surface area contributed by atoms with Gasteiger partial charge in [0.1, 0.15) is 11.3 Å². The van der Waals surface area contributed by atoms with Gasteiger partial charge in [-0.2, -0.15) is 21.6 Å². The maximum atomic E-state index is 13.5. The summed E-state index contributed by atoms with van der Waals surface area (Å²) in [7, 11) is -3.90. The smallest absolute Gasteiger partial charge is 0.450 e. The third-order valence-corrected chi connectivity index (χ3v) is 4.25. The Labute approximate surface area is 156 Å². The highest BCUT2D eigenvalue weighted by Crippen LogP contribution is 2.38. The van der Waals surface area contributed by atoms with Gasteiger partial charge in [-0.25, -0.2) is 0 Å². The third kappa shape index (κ3) is 4.09. The van der Waals surface area contributed by atoms with E-state index in [0.717, 1.165) is 24.5 Å². The number of benzene rings is 2. The third-order valence-electron chi connectivity index (χ3n) is 3.50. The number of hydrogen-bond acceptors (Lipinski definition) is 5. The topological polar surface area (TPSA) is 73.6 Å². The monoisotopic (exact) mass is 418 g/mol. The van der Waals surface area contributed by atoms with Crippen LogP contribution in [-0.2, 0) is 16.3 Å². The van der Waals surface area contributed by atoms with Gasteiger partial charge in [-0.05, 0) is 29.8 Å². The first-order valence-electron chi connectivity index (χ1n) is 7.29.